The molecule has 0 aromatic heterocycles. The highest BCUT2D eigenvalue weighted by molar-refractivity contribution is 5.87. The number of nitrogens with zero attached hydrogens (tertiary/aromatic N) is 1. The van der Waals surface area contributed by atoms with Crippen molar-refractivity contribution in [1.82, 2.24) is 0 Å². The second kappa shape index (κ2) is 5.75. The molecule has 0 radical (unpaired) electrons. The van der Waals surface area contributed by atoms with Gasteiger partial charge >= 0.3 is 0 Å². The van der Waals surface area contributed by atoms with Gasteiger partial charge in [-0.05, 0) is 42.6 Å². The highest BCUT2D eigenvalue weighted by Crippen LogP contribution is 2.49. The normalized spacial score (nSPS) is 15.6. The SMILES string of the molecule is N#CCC1(COc2ccc3ccccc3c2CCN)CC1. The number of hydrogen-bond acceptors (Lipinski definition) is 3. The molecule has 108 valence electrons. The summed E-state index contributed by atoms with van der Waals surface area (Å²) in [6, 6.07) is 14.7. The van der Waals surface area contributed by atoms with Gasteiger partial charge < -0.3 is 10.5 Å². The minimum absolute atomic E-state index is 0.0976. The molecule has 3 rings (SSSR count). The van der Waals surface area contributed by atoms with E-state index in [9.17, 15) is 0 Å². The Morgan fingerprint density at radius 2 is 2.00 bits per heavy atom. The van der Waals surface area contributed by atoms with Crippen molar-refractivity contribution in [2.75, 3.05) is 13.2 Å². The average Bonchev–Trinajstić information content (AvgIpc) is 3.27. The number of nitriles is 1. The highest BCUT2D eigenvalue weighted by Gasteiger charge is 2.43. The van der Waals surface area contributed by atoms with Gasteiger partial charge in [0.1, 0.15) is 5.75 Å². The molecule has 2 aromatic carbocycles. The average molecular weight is 280 g/mol. The van der Waals surface area contributed by atoms with Gasteiger partial charge in [-0.2, -0.15) is 5.26 Å². The maximum Gasteiger partial charge on any atom is 0.123 e. The first-order chi connectivity index (χ1) is 10.3. The lowest BCUT2D eigenvalue weighted by atomic mass is 10.0. The lowest BCUT2D eigenvalue weighted by Gasteiger charge is -2.17. The molecule has 1 fully saturated rings. The number of fused-ring (bicyclic) bond motifs is 1. The van der Waals surface area contributed by atoms with Crippen LogP contribution in [0.15, 0.2) is 36.4 Å². The number of hydrogen-bond donors (Lipinski definition) is 1. The van der Waals surface area contributed by atoms with Crippen molar-refractivity contribution < 1.29 is 4.74 Å². The third-order valence-corrected chi connectivity index (χ3v) is 4.34. The Hall–Kier alpha value is -2.05. The molecule has 0 aliphatic heterocycles. The van der Waals surface area contributed by atoms with E-state index >= 15 is 0 Å². The van der Waals surface area contributed by atoms with Crippen molar-refractivity contribution >= 4 is 10.8 Å². The van der Waals surface area contributed by atoms with E-state index in [-0.39, 0.29) is 5.41 Å². The van der Waals surface area contributed by atoms with Crippen molar-refractivity contribution in [1.29, 1.82) is 5.26 Å². The molecule has 0 amide bonds. The Balaban J connectivity index is 1.87. The van der Waals surface area contributed by atoms with Gasteiger partial charge in [-0.1, -0.05) is 30.3 Å². The van der Waals surface area contributed by atoms with Crippen molar-refractivity contribution in [2.45, 2.75) is 25.7 Å². The molecule has 1 saturated carbocycles. The van der Waals surface area contributed by atoms with E-state index in [1.54, 1.807) is 0 Å². The molecule has 0 saturated heterocycles. The molecule has 2 N–H and O–H groups in total. The largest absolute Gasteiger partial charge is 0.493 e. The summed E-state index contributed by atoms with van der Waals surface area (Å²) in [5.41, 5.74) is 7.05. The van der Waals surface area contributed by atoms with E-state index in [1.165, 1.54) is 16.3 Å². The van der Waals surface area contributed by atoms with E-state index < -0.39 is 0 Å². The summed E-state index contributed by atoms with van der Waals surface area (Å²) in [6.07, 6.45) is 3.59. The van der Waals surface area contributed by atoms with Gasteiger partial charge in [0.2, 0.25) is 0 Å². The van der Waals surface area contributed by atoms with E-state index in [2.05, 4.69) is 24.3 Å². The van der Waals surface area contributed by atoms with Crippen LogP contribution in [0.1, 0.15) is 24.8 Å². The molecular formula is C18H20N2O. The Bertz CT molecular complexity index is 683. The summed E-state index contributed by atoms with van der Waals surface area (Å²) in [7, 11) is 0. The van der Waals surface area contributed by atoms with Crippen molar-refractivity contribution in [3.05, 3.63) is 42.0 Å². The first kappa shape index (κ1) is 13.9. The Morgan fingerprint density at radius 1 is 1.19 bits per heavy atom. The van der Waals surface area contributed by atoms with Gasteiger partial charge in [0.25, 0.3) is 0 Å². The van der Waals surface area contributed by atoms with Crippen LogP contribution in [-0.2, 0) is 6.42 Å². The summed E-state index contributed by atoms with van der Waals surface area (Å²) >= 11 is 0. The van der Waals surface area contributed by atoms with E-state index in [0.717, 1.165) is 25.0 Å². The van der Waals surface area contributed by atoms with Gasteiger partial charge in [0.05, 0.1) is 12.7 Å². The molecule has 21 heavy (non-hydrogen) atoms. The molecule has 1 aliphatic carbocycles. The third kappa shape index (κ3) is 2.86. The van der Waals surface area contributed by atoms with Gasteiger partial charge in [0, 0.05) is 17.4 Å². The second-order valence-electron chi connectivity index (χ2n) is 5.93. The molecule has 0 heterocycles. The van der Waals surface area contributed by atoms with E-state index in [0.29, 0.717) is 19.6 Å². The fourth-order valence-electron chi connectivity index (χ4n) is 2.80. The van der Waals surface area contributed by atoms with Crippen LogP contribution in [0.25, 0.3) is 10.8 Å². The van der Waals surface area contributed by atoms with Crippen LogP contribution < -0.4 is 10.5 Å². The zero-order chi connectivity index (χ0) is 14.7. The minimum atomic E-state index is 0.0976. The van der Waals surface area contributed by atoms with Gasteiger partial charge in [-0.15, -0.1) is 0 Å². The Morgan fingerprint density at radius 3 is 2.71 bits per heavy atom. The zero-order valence-electron chi connectivity index (χ0n) is 12.1. The zero-order valence-corrected chi connectivity index (χ0v) is 12.1. The standard InChI is InChI=1S/C18H20N2O/c19-11-7-16-15-4-2-1-3-14(15)5-6-17(16)21-13-18(8-9-18)10-12-20/h1-6H,7-11,13,19H2. The monoisotopic (exact) mass is 280 g/mol. The molecular weight excluding hydrogens is 260 g/mol. The lowest BCUT2D eigenvalue weighted by molar-refractivity contribution is 0.235. The molecule has 0 spiro atoms. The Labute approximate surface area is 125 Å². The summed E-state index contributed by atoms with van der Waals surface area (Å²) in [5, 5.41) is 11.3. The van der Waals surface area contributed by atoms with Crippen LogP contribution in [0.5, 0.6) is 5.75 Å². The molecule has 1 aliphatic rings. The van der Waals surface area contributed by atoms with Gasteiger partial charge in [0.15, 0.2) is 0 Å². The molecule has 3 nitrogen and oxygen atoms in total. The summed E-state index contributed by atoms with van der Waals surface area (Å²) in [5.74, 6) is 0.920. The predicted molar refractivity (Wildman–Crippen MR) is 84.1 cm³/mol. The molecule has 0 atom stereocenters. The maximum absolute atomic E-state index is 8.90. The van der Waals surface area contributed by atoms with Gasteiger partial charge in [-0.3, -0.25) is 0 Å². The molecule has 0 bridgehead atoms. The quantitative estimate of drug-likeness (QED) is 0.882. The van der Waals surface area contributed by atoms with Crippen LogP contribution in [0.3, 0.4) is 0 Å². The van der Waals surface area contributed by atoms with Crippen LogP contribution in [-0.4, -0.2) is 13.2 Å². The topological polar surface area (TPSA) is 59.0 Å². The van der Waals surface area contributed by atoms with Crippen LogP contribution in [0.2, 0.25) is 0 Å². The molecule has 3 heteroatoms. The first-order valence-electron chi connectivity index (χ1n) is 7.48. The first-order valence-corrected chi connectivity index (χ1v) is 7.48. The third-order valence-electron chi connectivity index (χ3n) is 4.34. The number of ether oxygens (including phenoxy) is 1. The Kier molecular flexibility index (Phi) is 3.81. The smallest absolute Gasteiger partial charge is 0.123 e. The maximum atomic E-state index is 8.90. The van der Waals surface area contributed by atoms with E-state index in [4.69, 9.17) is 15.7 Å². The van der Waals surface area contributed by atoms with E-state index in [1.807, 2.05) is 18.2 Å². The lowest BCUT2D eigenvalue weighted by Crippen LogP contribution is -2.14. The van der Waals surface area contributed by atoms with Crippen LogP contribution in [0.4, 0.5) is 0 Å². The predicted octanol–water partition coefficient (Wildman–Crippen LogP) is 3.41. The van der Waals surface area contributed by atoms with Gasteiger partial charge in [-0.25, -0.2) is 0 Å². The summed E-state index contributed by atoms with van der Waals surface area (Å²) in [6.45, 7) is 1.24. The number of rotatable bonds is 6. The number of benzene rings is 2. The van der Waals surface area contributed by atoms with Crippen LogP contribution >= 0.6 is 0 Å². The highest BCUT2D eigenvalue weighted by atomic mass is 16.5. The summed E-state index contributed by atoms with van der Waals surface area (Å²) < 4.78 is 6.07. The minimum Gasteiger partial charge on any atom is -0.493 e. The van der Waals surface area contributed by atoms with Crippen molar-refractivity contribution in [3.8, 4) is 11.8 Å². The summed E-state index contributed by atoms with van der Waals surface area (Å²) in [4.78, 5) is 0. The molecule has 0 unspecified atom stereocenters. The second-order valence-corrected chi connectivity index (χ2v) is 5.93. The fourth-order valence-corrected chi connectivity index (χ4v) is 2.80. The number of nitrogens with two attached hydrogens (primary N) is 1. The molecule has 2 aromatic rings. The van der Waals surface area contributed by atoms with Crippen LogP contribution in [0, 0.1) is 16.7 Å². The van der Waals surface area contributed by atoms with Crippen molar-refractivity contribution in [3.63, 3.8) is 0 Å². The van der Waals surface area contributed by atoms with Crippen molar-refractivity contribution in [2.24, 2.45) is 11.1 Å². The fraction of sp³-hybridized carbons (Fsp3) is 0.389.